The third-order valence-electron chi connectivity index (χ3n) is 3.29. The molecule has 0 bridgehead atoms. The van der Waals surface area contributed by atoms with E-state index >= 15 is 0 Å². The third kappa shape index (κ3) is 3.02. The SMILES string of the molecule is CC[C@H](Sc1ncnc2c1nnn2-c1ccccc1)C(=O)OC. The van der Waals surface area contributed by atoms with Gasteiger partial charge >= 0.3 is 5.97 Å². The van der Waals surface area contributed by atoms with Crippen LogP contribution in [0.4, 0.5) is 0 Å². The lowest BCUT2D eigenvalue weighted by Crippen LogP contribution is -2.17. The van der Waals surface area contributed by atoms with Crippen molar-refractivity contribution in [2.75, 3.05) is 7.11 Å². The molecule has 1 atom stereocenters. The number of para-hydroxylation sites is 1. The van der Waals surface area contributed by atoms with E-state index in [1.54, 1.807) is 4.68 Å². The minimum atomic E-state index is -0.333. The molecule has 3 aromatic rings. The Hall–Kier alpha value is -2.48. The van der Waals surface area contributed by atoms with Crippen molar-refractivity contribution in [3.8, 4) is 5.69 Å². The summed E-state index contributed by atoms with van der Waals surface area (Å²) in [4.78, 5) is 20.3. The number of carbonyl (C=O) groups excluding carboxylic acids is 1. The molecule has 2 aromatic heterocycles. The van der Waals surface area contributed by atoms with Crippen LogP contribution >= 0.6 is 11.8 Å². The first-order chi connectivity index (χ1) is 11.2. The van der Waals surface area contributed by atoms with E-state index in [2.05, 4.69) is 20.3 Å². The lowest BCUT2D eigenvalue weighted by Gasteiger charge is -2.10. The van der Waals surface area contributed by atoms with Crippen molar-refractivity contribution in [1.29, 1.82) is 0 Å². The molecular weight excluding hydrogens is 314 g/mol. The summed E-state index contributed by atoms with van der Waals surface area (Å²) in [5.74, 6) is -0.278. The predicted octanol–water partition coefficient (Wildman–Crippen LogP) is 2.25. The molecule has 0 aliphatic rings. The zero-order valence-electron chi connectivity index (χ0n) is 12.7. The molecular formula is C15H15N5O2S. The van der Waals surface area contributed by atoms with Crippen molar-refractivity contribution < 1.29 is 9.53 Å². The number of thioether (sulfide) groups is 1. The maximum atomic E-state index is 11.8. The van der Waals surface area contributed by atoms with Gasteiger partial charge in [-0.15, -0.1) is 5.10 Å². The monoisotopic (exact) mass is 329 g/mol. The molecule has 8 heteroatoms. The van der Waals surface area contributed by atoms with Gasteiger partial charge in [0.2, 0.25) is 0 Å². The summed E-state index contributed by atoms with van der Waals surface area (Å²) >= 11 is 1.32. The van der Waals surface area contributed by atoms with Gasteiger partial charge in [-0.05, 0) is 18.6 Å². The molecule has 0 N–H and O–H groups in total. The molecule has 0 amide bonds. The highest BCUT2D eigenvalue weighted by molar-refractivity contribution is 8.00. The van der Waals surface area contributed by atoms with Crippen LogP contribution in [0.15, 0.2) is 41.7 Å². The minimum absolute atomic E-state index is 0.278. The fraction of sp³-hybridized carbons (Fsp3) is 0.267. The first kappa shape index (κ1) is 15.4. The Labute approximate surface area is 137 Å². The summed E-state index contributed by atoms with van der Waals surface area (Å²) in [6.45, 7) is 1.92. The Kier molecular flexibility index (Phi) is 4.52. The average Bonchev–Trinajstić information content (AvgIpc) is 3.04. The van der Waals surface area contributed by atoms with E-state index in [4.69, 9.17) is 4.74 Å². The van der Waals surface area contributed by atoms with Crippen LogP contribution in [0.25, 0.3) is 16.9 Å². The number of benzene rings is 1. The van der Waals surface area contributed by atoms with Crippen molar-refractivity contribution in [1.82, 2.24) is 25.0 Å². The van der Waals surface area contributed by atoms with Crippen LogP contribution in [-0.4, -0.2) is 43.3 Å². The second kappa shape index (κ2) is 6.74. The molecule has 0 radical (unpaired) electrons. The van der Waals surface area contributed by atoms with E-state index in [0.29, 0.717) is 22.6 Å². The topological polar surface area (TPSA) is 82.8 Å². The van der Waals surface area contributed by atoms with Crippen molar-refractivity contribution in [2.24, 2.45) is 0 Å². The maximum Gasteiger partial charge on any atom is 0.319 e. The fourth-order valence-corrected chi connectivity index (χ4v) is 3.10. The molecule has 0 unspecified atom stereocenters. The highest BCUT2D eigenvalue weighted by atomic mass is 32.2. The van der Waals surface area contributed by atoms with E-state index < -0.39 is 0 Å². The highest BCUT2D eigenvalue weighted by Crippen LogP contribution is 2.29. The van der Waals surface area contributed by atoms with Gasteiger partial charge in [0.15, 0.2) is 11.2 Å². The molecule has 118 valence electrons. The number of methoxy groups -OCH3 is 1. The predicted molar refractivity (Wildman–Crippen MR) is 86.4 cm³/mol. The van der Waals surface area contributed by atoms with E-state index in [1.807, 2.05) is 37.3 Å². The summed E-state index contributed by atoms with van der Waals surface area (Å²) in [7, 11) is 1.38. The summed E-state index contributed by atoms with van der Waals surface area (Å²) in [6, 6.07) is 9.62. The molecule has 1 aromatic carbocycles. The Morgan fingerprint density at radius 3 is 2.78 bits per heavy atom. The van der Waals surface area contributed by atoms with E-state index in [1.165, 1.54) is 25.2 Å². The number of rotatable bonds is 5. The smallest absolute Gasteiger partial charge is 0.319 e. The first-order valence-corrected chi connectivity index (χ1v) is 7.99. The quantitative estimate of drug-likeness (QED) is 0.403. The zero-order valence-corrected chi connectivity index (χ0v) is 13.5. The van der Waals surface area contributed by atoms with Gasteiger partial charge in [-0.3, -0.25) is 4.79 Å². The van der Waals surface area contributed by atoms with Gasteiger partial charge in [-0.1, -0.05) is 42.1 Å². The number of hydrogen-bond acceptors (Lipinski definition) is 7. The highest BCUT2D eigenvalue weighted by Gasteiger charge is 2.22. The molecule has 0 saturated carbocycles. The molecule has 2 heterocycles. The molecule has 3 rings (SSSR count). The maximum absolute atomic E-state index is 11.8. The van der Waals surface area contributed by atoms with Crippen molar-refractivity contribution >= 4 is 28.9 Å². The number of fused-ring (bicyclic) bond motifs is 1. The molecule has 0 fully saturated rings. The van der Waals surface area contributed by atoms with Crippen LogP contribution in [0.3, 0.4) is 0 Å². The Morgan fingerprint density at radius 1 is 1.30 bits per heavy atom. The van der Waals surface area contributed by atoms with Gasteiger partial charge in [0.05, 0.1) is 12.8 Å². The van der Waals surface area contributed by atoms with Crippen molar-refractivity contribution in [3.05, 3.63) is 36.7 Å². The number of hydrogen-bond donors (Lipinski definition) is 0. The molecule has 0 aliphatic heterocycles. The Morgan fingerprint density at radius 2 is 2.09 bits per heavy atom. The molecule has 0 saturated heterocycles. The fourth-order valence-electron chi connectivity index (χ4n) is 2.12. The largest absolute Gasteiger partial charge is 0.468 e. The van der Waals surface area contributed by atoms with Gasteiger partial charge in [0.25, 0.3) is 0 Å². The normalized spacial score (nSPS) is 12.3. The van der Waals surface area contributed by atoms with E-state index in [0.717, 1.165) is 5.69 Å². The van der Waals surface area contributed by atoms with Gasteiger partial charge in [-0.2, -0.15) is 4.68 Å². The van der Waals surface area contributed by atoms with E-state index in [9.17, 15) is 4.79 Å². The summed E-state index contributed by atoms with van der Waals surface area (Å²) in [6.07, 6.45) is 2.09. The van der Waals surface area contributed by atoms with Gasteiger partial charge < -0.3 is 4.74 Å². The standard InChI is InChI=1S/C15H15N5O2S/c1-3-11(15(21)22-2)23-14-12-13(16-9-17-14)20(19-18-12)10-7-5-4-6-8-10/h4-9,11H,3H2,1-2H3/t11-/m0/s1. The Balaban J connectivity index is 2.01. The van der Waals surface area contributed by atoms with Gasteiger partial charge in [-0.25, -0.2) is 9.97 Å². The molecule has 0 aliphatic carbocycles. The lowest BCUT2D eigenvalue weighted by atomic mass is 10.3. The first-order valence-electron chi connectivity index (χ1n) is 7.11. The molecule has 0 spiro atoms. The average molecular weight is 329 g/mol. The van der Waals surface area contributed by atoms with Crippen molar-refractivity contribution in [2.45, 2.75) is 23.6 Å². The third-order valence-corrected chi connectivity index (χ3v) is 4.63. The number of nitrogens with zero attached hydrogens (tertiary/aromatic N) is 5. The molecule has 7 nitrogen and oxygen atoms in total. The number of carbonyl (C=O) groups is 1. The number of ether oxygens (including phenoxy) is 1. The van der Waals surface area contributed by atoms with Crippen LogP contribution in [0.1, 0.15) is 13.3 Å². The number of aromatic nitrogens is 5. The van der Waals surface area contributed by atoms with Crippen LogP contribution in [0, 0.1) is 0 Å². The van der Waals surface area contributed by atoms with Crippen LogP contribution < -0.4 is 0 Å². The van der Waals surface area contributed by atoms with E-state index in [-0.39, 0.29) is 11.2 Å². The van der Waals surface area contributed by atoms with Gasteiger partial charge in [0, 0.05) is 0 Å². The van der Waals surface area contributed by atoms with Crippen LogP contribution in [0.2, 0.25) is 0 Å². The van der Waals surface area contributed by atoms with Crippen LogP contribution in [-0.2, 0) is 9.53 Å². The molecule has 23 heavy (non-hydrogen) atoms. The van der Waals surface area contributed by atoms with Crippen LogP contribution in [0.5, 0.6) is 0 Å². The Bertz CT molecular complexity index is 821. The zero-order chi connectivity index (χ0) is 16.2. The minimum Gasteiger partial charge on any atom is -0.468 e. The summed E-state index contributed by atoms with van der Waals surface area (Å²) in [5, 5.41) is 8.63. The second-order valence-corrected chi connectivity index (χ2v) is 5.92. The van der Waals surface area contributed by atoms with Gasteiger partial charge in [0.1, 0.15) is 16.6 Å². The number of esters is 1. The van der Waals surface area contributed by atoms with Crippen molar-refractivity contribution in [3.63, 3.8) is 0 Å². The lowest BCUT2D eigenvalue weighted by molar-refractivity contribution is -0.140. The summed E-state index contributed by atoms with van der Waals surface area (Å²) < 4.78 is 6.47. The second-order valence-electron chi connectivity index (χ2n) is 4.73. The summed E-state index contributed by atoms with van der Waals surface area (Å²) in [5.41, 5.74) is 2.04.